The zero-order valence-electron chi connectivity index (χ0n) is 7.10. The van der Waals surface area contributed by atoms with E-state index in [0.717, 1.165) is 5.57 Å². The highest BCUT2D eigenvalue weighted by Gasteiger charge is 1.96. The Morgan fingerprint density at radius 3 is 2.18 bits per heavy atom. The second-order valence-corrected chi connectivity index (χ2v) is 2.64. The van der Waals surface area contributed by atoms with Crippen molar-refractivity contribution < 1.29 is 9.59 Å². The van der Waals surface area contributed by atoms with Crippen LogP contribution in [0, 0.1) is 0 Å². The summed E-state index contributed by atoms with van der Waals surface area (Å²) in [5, 5.41) is 2.45. The average molecular weight is 155 g/mol. The number of amides is 1. The maximum absolute atomic E-state index is 10.8. The number of carbonyl (C=O) groups is 2. The van der Waals surface area contributed by atoms with E-state index in [1.54, 1.807) is 0 Å². The van der Waals surface area contributed by atoms with Crippen LogP contribution in [0.1, 0.15) is 20.8 Å². The van der Waals surface area contributed by atoms with E-state index in [1.807, 2.05) is 13.8 Å². The van der Waals surface area contributed by atoms with Crippen LogP contribution < -0.4 is 5.32 Å². The Kier molecular flexibility index (Phi) is 4.18. The molecule has 3 heteroatoms. The molecule has 0 rings (SSSR count). The largest absolute Gasteiger partial charge is 0.345 e. The van der Waals surface area contributed by atoms with Crippen LogP contribution in [0.25, 0.3) is 0 Å². The van der Waals surface area contributed by atoms with Crippen molar-refractivity contribution in [1.82, 2.24) is 5.32 Å². The number of hydrogen-bond donors (Lipinski definition) is 1. The van der Waals surface area contributed by atoms with Crippen molar-refractivity contribution >= 4 is 11.7 Å². The van der Waals surface area contributed by atoms with E-state index in [2.05, 4.69) is 5.32 Å². The first-order chi connectivity index (χ1) is 5.02. The van der Waals surface area contributed by atoms with E-state index in [4.69, 9.17) is 0 Å². The lowest BCUT2D eigenvalue weighted by atomic mass is 10.3. The predicted octanol–water partition coefficient (Wildman–Crippen LogP) is 0.658. The third-order valence-electron chi connectivity index (χ3n) is 0.931. The Morgan fingerprint density at radius 2 is 1.82 bits per heavy atom. The monoisotopic (exact) mass is 155 g/mol. The molecule has 0 bridgehead atoms. The van der Waals surface area contributed by atoms with Gasteiger partial charge >= 0.3 is 0 Å². The van der Waals surface area contributed by atoms with Crippen molar-refractivity contribution in [2.24, 2.45) is 0 Å². The van der Waals surface area contributed by atoms with E-state index in [9.17, 15) is 9.59 Å². The van der Waals surface area contributed by atoms with Crippen LogP contribution in [0.5, 0.6) is 0 Å². The van der Waals surface area contributed by atoms with Crippen molar-refractivity contribution in [3.63, 3.8) is 0 Å². The molecule has 0 fully saturated rings. The number of nitrogens with one attached hydrogen (secondary N) is 1. The van der Waals surface area contributed by atoms with Gasteiger partial charge in [0.2, 0.25) is 5.91 Å². The summed E-state index contributed by atoms with van der Waals surface area (Å²) in [7, 11) is 0. The first kappa shape index (κ1) is 9.88. The Labute approximate surface area is 66.5 Å². The molecule has 0 unspecified atom stereocenters. The average Bonchev–Trinajstić information content (AvgIpc) is 1.82. The van der Waals surface area contributed by atoms with Crippen LogP contribution in [-0.4, -0.2) is 18.2 Å². The van der Waals surface area contributed by atoms with Crippen molar-refractivity contribution in [3.8, 4) is 0 Å². The SMILES string of the molecule is CC(=O)CNC(=O)C=C(C)C. The van der Waals surface area contributed by atoms with Crippen LogP contribution in [0.2, 0.25) is 0 Å². The lowest BCUT2D eigenvalue weighted by Crippen LogP contribution is -2.26. The van der Waals surface area contributed by atoms with Gasteiger partial charge in [-0.15, -0.1) is 0 Å². The van der Waals surface area contributed by atoms with Gasteiger partial charge in [-0.2, -0.15) is 0 Å². The molecule has 0 radical (unpaired) electrons. The summed E-state index contributed by atoms with van der Waals surface area (Å²) in [4.78, 5) is 21.2. The van der Waals surface area contributed by atoms with E-state index in [0.29, 0.717) is 0 Å². The Hall–Kier alpha value is -1.12. The lowest BCUT2D eigenvalue weighted by molar-refractivity contribution is -0.121. The molecule has 0 aromatic heterocycles. The van der Waals surface area contributed by atoms with E-state index >= 15 is 0 Å². The summed E-state index contributed by atoms with van der Waals surface area (Å²) in [5.74, 6) is -0.249. The fourth-order valence-corrected chi connectivity index (χ4v) is 0.525. The number of Topliss-reactive ketones (excluding diaryl/α,β-unsaturated/α-hetero) is 1. The zero-order chi connectivity index (χ0) is 8.85. The minimum atomic E-state index is -0.208. The number of ketones is 1. The lowest BCUT2D eigenvalue weighted by Gasteiger charge is -1.97. The number of hydrogen-bond acceptors (Lipinski definition) is 2. The third kappa shape index (κ3) is 6.77. The van der Waals surface area contributed by atoms with Crippen molar-refractivity contribution in [2.45, 2.75) is 20.8 Å². The minimum Gasteiger partial charge on any atom is -0.345 e. The molecule has 0 aliphatic carbocycles. The Morgan fingerprint density at radius 1 is 1.27 bits per heavy atom. The quantitative estimate of drug-likeness (QED) is 0.608. The number of allylic oxidation sites excluding steroid dienone is 1. The molecular weight excluding hydrogens is 142 g/mol. The van der Waals surface area contributed by atoms with E-state index in [1.165, 1.54) is 13.0 Å². The van der Waals surface area contributed by atoms with Gasteiger partial charge < -0.3 is 5.32 Å². The van der Waals surface area contributed by atoms with E-state index in [-0.39, 0.29) is 18.2 Å². The summed E-state index contributed by atoms with van der Waals surface area (Å²) in [6.07, 6.45) is 1.46. The van der Waals surface area contributed by atoms with Gasteiger partial charge in [-0.1, -0.05) is 5.57 Å². The molecule has 62 valence electrons. The van der Waals surface area contributed by atoms with Gasteiger partial charge in [0.25, 0.3) is 0 Å². The van der Waals surface area contributed by atoms with Crippen molar-refractivity contribution in [3.05, 3.63) is 11.6 Å². The maximum Gasteiger partial charge on any atom is 0.244 e. The standard InChI is InChI=1S/C8H13NO2/c1-6(2)4-8(11)9-5-7(3)10/h4H,5H2,1-3H3,(H,9,11). The topological polar surface area (TPSA) is 46.2 Å². The molecule has 3 nitrogen and oxygen atoms in total. The maximum atomic E-state index is 10.8. The van der Waals surface area contributed by atoms with Crippen LogP contribution in [0.3, 0.4) is 0 Å². The molecule has 1 amide bonds. The van der Waals surface area contributed by atoms with Gasteiger partial charge in [0, 0.05) is 6.08 Å². The summed E-state index contributed by atoms with van der Waals surface area (Å²) in [5.41, 5.74) is 0.922. The fraction of sp³-hybridized carbons (Fsp3) is 0.500. The summed E-state index contributed by atoms with van der Waals surface area (Å²) in [6, 6.07) is 0. The molecule has 0 heterocycles. The van der Waals surface area contributed by atoms with Crippen LogP contribution >= 0.6 is 0 Å². The van der Waals surface area contributed by atoms with Gasteiger partial charge in [-0.25, -0.2) is 0 Å². The normalized spacial score (nSPS) is 8.64. The third-order valence-corrected chi connectivity index (χ3v) is 0.931. The summed E-state index contributed by atoms with van der Waals surface area (Å²) in [6.45, 7) is 5.20. The molecule has 0 saturated carbocycles. The number of rotatable bonds is 3. The van der Waals surface area contributed by atoms with Crippen LogP contribution in [0.4, 0.5) is 0 Å². The number of carbonyl (C=O) groups excluding carboxylic acids is 2. The molecule has 0 aromatic rings. The molecule has 0 atom stereocenters. The molecule has 0 saturated heterocycles. The smallest absolute Gasteiger partial charge is 0.244 e. The molecule has 1 N–H and O–H groups in total. The zero-order valence-corrected chi connectivity index (χ0v) is 7.10. The van der Waals surface area contributed by atoms with Gasteiger partial charge in [-0.3, -0.25) is 9.59 Å². The minimum absolute atomic E-state index is 0.0412. The molecule has 0 aromatic carbocycles. The molecule has 0 aliphatic rings. The Bertz CT molecular complexity index is 190. The predicted molar refractivity (Wildman–Crippen MR) is 43.1 cm³/mol. The summed E-state index contributed by atoms with van der Waals surface area (Å²) < 4.78 is 0. The fourth-order valence-electron chi connectivity index (χ4n) is 0.525. The molecule has 0 spiro atoms. The van der Waals surface area contributed by atoms with Gasteiger partial charge in [0.15, 0.2) is 0 Å². The first-order valence-corrected chi connectivity index (χ1v) is 3.44. The molecular formula is C8H13NO2. The first-order valence-electron chi connectivity index (χ1n) is 3.44. The highest BCUT2D eigenvalue weighted by molar-refractivity contribution is 5.91. The highest BCUT2D eigenvalue weighted by atomic mass is 16.2. The van der Waals surface area contributed by atoms with Gasteiger partial charge in [0.05, 0.1) is 6.54 Å². The van der Waals surface area contributed by atoms with Crippen molar-refractivity contribution in [1.29, 1.82) is 0 Å². The van der Waals surface area contributed by atoms with Gasteiger partial charge in [-0.05, 0) is 20.8 Å². The van der Waals surface area contributed by atoms with Crippen LogP contribution in [-0.2, 0) is 9.59 Å². The van der Waals surface area contributed by atoms with E-state index < -0.39 is 0 Å². The Balaban J connectivity index is 3.71. The van der Waals surface area contributed by atoms with Crippen LogP contribution in [0.15, 0.2) is 11.6 Å². The second kappa shape index (κ2) is 4.66. The summed E-state index contributed by atoms with van der Waals surface area (Å²) >= 11 is 0. The van der Waals surface area contributed by atoms with Crippen molar-refractivity contribution in [2.75, 3.05) is 6.54 Å². The van der Waals surface area contributed by atoms with Gasteiger partial charge in [0.1, 0.15) is 5.78 Å². The molecule has 11 heavy (non-hydrogen) atoms. The highest BCUT2D eigenvalue weighted by Crippen LogP contribution is 1.86. The molecule has 0 aliphatic heterocycles. The second-order valence-electron chi connectivity index (χ2n) is 2.64.